The van der Waals surface area contributed by atoms with E-state index < -0.39 is 0 Å². The first-order valence-corrected chi connectivity index (χ1v) is 10.8. The zero-order valence-corrected chi connectivity index (χ0v) is 17.5. The van der Waals surface area contributed by atoms with E-state index in [9.17, 15) is 0 Å². The summed E-state index contributed by atoms with van der Waals surface area (Å²) in [6, 6.07) is 7.05. The average molecular weight is 389 g/mol. The van der Waals surface area contributed by atoms with Gasteiger partial charge in [-0.3, -0.25) is 4.99 Å². The molecule has 6 heteroatoms. The highest BCUT2D eigenvalue weighted by molar-refractivity contribution is 5.80. The number of benzene rings is 1. The highest BCUT2D eigenvalue weighted by Gasteiger charge is 2.19. The van der Waals surface area contributed by atoms with E-state index in [-0.39, 0.29) is 0 Å². The molecule has 28 heavy (non-hydrogen) atoms. The number of piperidine rings is 1. The van der Waals surface area contributed by atoms with Gasteiger partial charge >= 0.3 is 0 Å². The number of nitrogens with zero attached hydrogens (tertiary/aromatic N) is 2. The number of fused-ring (bicyclic) bond motifs is 1. The van der Waals surface area contributed by atoms with Crippen molar-refractivity contribution in [2.24, 2.45) is 4.99 Å². The third-order valence-electron chi connectivity index (χ3n) is 5.52. The molecule has 1 fully saturated rings. The fourth-order valence-electron chi connectivity index (χ4n) is 3.94. The molecule has 3 rings (SSSR count). The molecule has 0 amide bonds. The summed E-state index contributed by atoms with van der Waals surface area (Å²) in [6.45, 7) is 8.92. The molecule has 2 N–H and O–H groups in total. The SMILES string of the molecule is CCNC(=NCCc1ccc2c(c1)CCO2)NC1CCN(CCCOC)CC1. The maximum absolute atomic E-state index is 5.59. The van der Waals surface area contributed by atoms with E-state index in [0.717, 1.165) is 76.9 Å². The molecule has 0 radical (unpaired) electrons. The minimum Gasteiger partial charge on any atom is -0.493 e. The van der Waals surface area contributed by atoms with Gasteiger partial charge in [-0.05, 0) is 49.8 Å². The first-order chi connectivity index (χ1) is 13.8. The van der Waals surface area contributed by atoms with Crippen LogP contribution in [-0.4, -0.2) is 69.9 Å². The van der Waals surface area contributed by atoms with Gasteiger partial charge in [0.05, 0.1) is 6.61 Å². The van der Waals surface area contributed by atoms with Crippen LogP contribution in [-0.2, 0) is 17.6 Å². The number of ether oxygens (including phenoxy) is 2. The molecule has 1 aromatic carbocycles. The molecule has 1 aromatic rings. The molecule has 0 atom stereocenters. The van der Waals surface area contributed by atoms with Gasteiger partial charge in [0.15, 0.2) is 5.96 Å². The number of methoxy groups -OCH3 is 1. The van der Waals surface area contributed by atoms with E-state index in [1.54, 1.807) is 7.11 Å². The van der Waals surface area contributed by atoms with E-state index >= 15 is 0 Å². The Morgan fingerprint density at radius 2 is 2.18 bits per heavy atom. The Bertz CT molecular complexity index is 627. The molecule has 2 aliphatic heterocycles. The molecule has 156 valence electrons. The highest BCUT2D eigenvalue weighted by Crippen LogP contribution is 2.25. The predicted molar refractivity (Wildman–Crippen MR) is 114 cm³/mol. The zero-order valence-electron chi connectivity index (χ0n) is 17.5. The highest BCUT2D eigenvalue weighted by atomic mass is 16.5. The van der Waals surface area contributed by atoms with Crippen LogP contribution in [0, 0.1) is 0 Å². The molecule has 2 heterocycles. The molecule has 0 unspecified atom stereocenters. The van der Waals surface area contributed by atoms with E-state index in [0.29, 0.717) is 6.04 Å². The molecular formula is C22H36N4O2. The standard InChI is InChI=1S/C22H36N4O2/c1-3-23-22(25-20-8-13-26(14-9-20)12-4-15-27-2)24-11-7-18-5-6-21-19(17-18)10-16-28-21/h5-6,17,20H,3-4,7-16H2,1-2H3,(H2,23,24,25). The Labute approximate surface area is 169 Å². The van der Waals surface area contributed by atoms with E-state index in [4.69, 9.17) is 14.5 Å². The Morgan fingerprint density at radius 3 is 2.96 bits per heavy atom. The van der Waals surface area contributed by atoms with Crippen LogP contribution in [0.25, 0.3) is 0 Å². The molecular weight excluding hydrogens is 352 g/mol. The van der Waals surface area contributed by atoms with Crippen molar-refractivity contribution in [3.05, 3.63) is 29.3 Å². The van der Waals surface area contributed by atoms with Crippen LogP contribution in [0.4, 0.5) is 0 Å². The molecule has 2 aliphatic rings. The first kappa shape index (κ1) is 20.9. The van der Waals surface area contributed by atoms with Crippen molar-refractivity contribution in [2.45, 2.75) is 45.1 Å². The van der Waals surface area contributed by atoms with Crippen molar-refractivity contribution in [1.82, 2.24) is 15.5 Å². The molecule has 0 saturated carbocycles. The van der Waals surface area contributed by atoms with Gasteiger partial charge in [0.2, 0.25) is 0 Å². The zero-order chi connectivity index (χ0) is 19.6. The van der Waals surface area contributed by atoms with Crippen molar-refractivity contribution in [2.75, 3.05) is 53.0 Å². The summed E-state index contributed by atoms with van der Waals surface area (Å²) in [5.41, 5.74) is 2.68. The van der Waals surface area contributed by atoms with Crippen LogP contribution in [0.15, 0.2) is 23.2 Å². The first-order valence-electron chi connectivity index (χ1n) is 10.8. The number of hydrogen-bond donors (Lipinski definition) is 2. The Kier molecular flexibility index (Phi) is 8.42. The lowest BCUT2D eigenvalue weighted by Gasteiger charge is -2.33. The lowest BCUT2D eigenvalue weighted by molar-refractivity contribution is 0.155. The lowest BCUT2D eigenvalue weighted by atomic mass is 10.1. The van der Waals surface area contributed by atoms with Gasteiger partial charge in [-0.25, -0.2) is 0 Å². The second-order valence-electron chi connectivity index (χ2n) is 7.66. The van der Waals surface area contributed by atoms with E-state index in [2.05, 4.69) is 40.7 Å². The van der Waals surface area contributed by atoms with Crippen molar-refractivity contribution in [3.8, 4) is 5.75 Å². The van der Waals surface area contributed by atoms with Gasteiger partial charge in [-0.1, -0.05) is 12.1 Å². The Morgan fingerprint density at radius 1 is 1.32 bits per heavy atom. The predicted octanol–water partition coefficient (Wildman–Crippen LogP) is 2.22. The van der Waals surface area contributed by atoms with Gasteiger partial charge in [-0.2, -0.15) is 0 Å². The summed E-state index contributed by atoms with van der Waals surface area (Å²) in [6.07, 6.45) is 5.44. The van der Waals surface area contributed by atoms with Gasteiger partial charge in [0, 0.05) is 58.9 Å². The molecule has 6 nitrogen and oxygen atoms in total. The normalized spacial score (nSPS) is 18.0. The second kappa shape index (κ2) is 11.3. The van der Waals surface area contributed by atoms with E-state index in [1.807, 2.05) is 0 Å². The third-order valence-corrected chi connectivity index (χ3v) is 5.52. The van der Waals surface area contributed by atoms with Crippen LogP contribution in [0.2, 0.25) is 0 Å². The summed E-state index contributed by atoms with van der Waals surface area (Å²) in [7, 11) is 1.77. The number of likely N-dealkylation sites (tertiary alicyclic amines) is 1. The third kappa shape index (κ3) is 6.38. The average Bonchev–Trinajstić information content (AvgIpc) is 3.17. The Hall–Kier alpha value is -1.79. The quantitative estimate of drug-likeness (QED) is 0.386. The minimum atomic E-state index is 0.508. The van der Waals surface area contributed by atoms with Crippen molar-refractivity contribution in [1.29, 1.82) is 0 Å². The summed E-state index contributed by atoms with van der Waals surface area (Å²) in [4.78, 5) is 7.35. The number of guanidine groups is 1. The molecule has 1 saturated heterocycles. The molecule has 0 spiro atoms. The fraction of sp³-hybridized carbons (Fsp3) is 0.682. The molecule has 0 aliphatic carbocycles. The second-order valence-corrected chi connectivity index (χ2v) is 7.66. The maximum atomic E-state index is 5.59. The van der Waals surface area contributed by atoms with Gasteiger partial charge < -0.3 is 25.0 Å². The number of aliphatic imine (C=N–C) groups is 1. The Balaban J connectivity index is 1.43. The lowest BCUT2D eigenvalue weighted by Crippen LogP contribution is -2.49. The van der Waals surface area contributed by atoms with Crippen LogP contribution in [0.1, 0.15) is 37.3 Å². The smallest absolute Gasteiger partial charge is 0.191 e. The number of nitrogens with one attached hydrogen (secondary N) is 2. The molecule has 0 bridgehead atoms. The van der Waals surface area contributed by atoms with Crippen LogP contribution >= 0.6 is 0 Å². The monoisotopic (exact) mass is 388 g/mol. The maximum Gasteiger partial charge on any atom is 0.191 e. The van der Waals surface area contributed by atoms with Crippen LogP contribution < -0.4 is 15.4 Å². The van der Waals surface area contributed by atoms with Gasteiger partial charge in [-0.15, -0.1) is 0 Å². The van der Waals surface area contributed by atoms with Crippen LogP contribution in [0.3, 0.4) is 0 Å². The largest absolute Gasteiger partial charge is 0.493 e. The number of hydrogen-bond acceptors (Lipinski definition) is 4. The van der Waals surface area contributed by atoms with Crippen molar-refractivity contribution < 1.29 is 9.47 Å². The van der Waals surface area contributed by atoms with Gasteiger partial charge in [0.1, 0.15) is 5.75 Å². The summed E-state index contributed by atoms with van der Waals surface area (Å²) in [5.74, 6) is 2.00. The van der Waals surface area contributed by atoms with E-state index in [1.165, 1.54) is 24.0 Å². The van der Waals surface area contributed by atoms with Crippen LogP contribution in [0.5, 0.6) is 5.75 Å². The fourth-order valence-corrected chi connectivity index (χ4v) is 3.94. The summed E-state index contributed by atoms with van der Waals surface area (Å²) < 4.78 is 10.7. The minimum absolute atomic E-state index is 0.508. The molecule has 0 aromatic heterocycles. The summed E-state index contributed by atoms with van der Waals surface area (Å²) in [5, 5.41) is 7.04. The van der Waals surface area contributed by atoms with Gasteiger partial charge in [0.25, 0.3) is 0 Å². The van der Waals surface area contributed by atoms with Crippen molar-refractivity contribution in [3.63, 3.8) is 0 Å². The number of rotatable bonds is 9. The topological polar surface area (TPSA) is 58.1 Å². The summed E-state index contributed by atoms with van der Waals surface area (Å²) >= 11 is 0. The van der Waals surface area contributed by atoms with Crippen molar-refractivity contribution >= 4 is 5.96 Å².